The first kappa shape index (κ1) is 45.0. The van der Waals surface area contributed by atoms with Gasteiger partial charge in [-0.2, -0.15) is 0 Å². The number of non-ortho nitro benzene ring substituents is 1. The third-order valence-electron chi connectivity index (χ3n) is 11.0. The number of aromatic nitrogens is 2. The van der Waals surface area contributed by atoms with Gasteiger partial charge in [-0.15, -0.1) is 0 Å². The zero-order valence-electron chi connectivity index (χ0n) is 36.6. The van der Waals surface area contributed by atoms with E-state index in [1.807, 2.05) is 77.6 Å². The molecule has 0 fully saturated rings. The van der Waals surface area contributed by atoms with Crippen LogP contribution >= 0.6 is 0 Å². The average molecular weight is 880 g/mol. The molecule has 0 N–H and O–H groups in total. The van der Waals surface area contributed by atoms with E-state index in [1.165, 1.54) is 26.0 Å². The molecule has 0 saturated carbocycles. The Balaban J connectivity index is 1.02. The number of carbonyl (C=O) groups excluding carboxylic acids is 5. The van der Waals surface area contributed by atoms with Gasteiger partial charge in [-0.05, 0) is 99.0 Å². The zero-order valence-corrected chi connectivity index (χ0v) is 36.6. The van der Waals surface area contributed by atoms with Crippen LogP contribution in [0.25, 0.3) is 43.6 Å². The summed E-state index contributed by atoms with van der Waals surface area (Å²) in [5, 5.41) is 22.3. The number of nitrogens with zero attached hydrogens (tertiary/aromatic N) is 5. The maximum atomic E-state index is 13.8. The zero-order chi connectivity index (χ0) is 46.5. The lowest BCUT2D eigenvalue weighted by atomic mass is 9.96. The Labute approximate surface area is 372 Å². The van der Waals surface area contributed by atoms with E-state index in [1.54, 1.807) is 38.1 Å². The topological polar surface area (TPSA) is 200 Å². The van der Waals surface area contributed by atoms with Gasteiger partial charge < -0.3 is 28.3 Å². The van der Waals surface area contributed by atoms with E-state index in [4.69, 9.17) is 19.1 Å². The molecule has 0 aliphatic rings. The molecule has 0 radical (unpaired) electrons. The molecule has 0 aliphatic heterocycles. The molecule has 0 bridgehead atoms. The molecule has 332 valence electrons. The van der Waals surface area contributed by atoms with Crippen molar-refractivity contribution in [2.75, 3.05) is 13.2 Å². The Morgan fingerprint density at radius 3 is 1.46 bits per heavy atom. The highest BCUT2D eigenvalue weighted by atomic mass is 16.7. The molecule has 0 amide bonds. The molecule has 5 aromatic carbocycles. The minimum absolute atomic E-state index is 0.00654. The van der Waals surface area contributed by atoms with Crippen LogP contribution in [0.2, 0.25) is 0 Å². The van der Waals surface area contributed by atoms with E-state index >= 15 is 0 Å². The summed E-state index contributed by atoms with van der Waals surface area (Å²) in [6.45, 7) is 10.2. The van der Waals surface area contributed by atoms with Crippen LogP contribution in [0.15, 0.2) is 101 Å². The van der Waals surface area contributed by atoms with E-state index in [-0.39, 0.29) is 50.6 Å². The second-order valence-corrected chi connectivity index (χ2v) is 15.6. The third-order valence-corrected chi connectivity index (χ3v) is 11.0. The van der Waals surface area contributed by atoms with Gasteiger partial charge in [0.2, 0.25) is 0 Å². The van der Waals surface area contributed by atoms with E-state index in [0.717, 1.165) is 38.4 Å². The maximum absolute atomic E-state index is 13.8. The number of hydrogen-bond donors (Lipinski definition) is 0. The highest BCUT2D eigenvalue weighted by molar-refractivity contribution is 6.16. The van der Waals surface area contributed by atoms with Crippen LogP contribution in [0.4, 0.5) is 5.69 Å². The van der Waals surface area contributed by atoms with Gasteiger partial charge in [0.1, 0.15) is 13.2 Å². The van der Waals surface area contributed by atoms with Gasteiger partial charge in [0.05, 0.1) is 42.3 Å². The number of nitro groups is 1. The lowest BCUT2D eigenvalue weighted by Gasteiger charge is -2.11. The summed E-state index contributed by atoms with van der Waals surface area (Å²) in [4.78, 5) is 83.1. The van der Waals surface area contributed by atoms with Crippen molar-refractivity contribution in [3.63, 3.8) is 0 Å². The smallest absolute Gasteiger partial charge is 0.331 e. The first-order chi connectivity index (χ1) is 31.1. The van der Waals surface area contributed by atoms with Crippen LogP contribution in [-0.4, -0.2) is 68.4 Å². The predicted molar refractivity (Wildman–Crippen MR) is 244 cm³/mol. The number of ether oxygens (including phenoxy) is 2. The second-order valence-electron chi connectivity index (χ2n) is 15.6. The summed E-state index contributed by atoms with van der Waals surface area (Å²) < 4.78 is 15.0. The van der Waals surface area contributed by atoms with Gasteiger partial charge in [0, 0.05) is 80.7 Å². The van der Waals surface area contributed by atoms with Gasteiger partial charge in [0.25, 0.3) is 5.69 Å². The number of fused-ring (bicyclic) bond motifs is 6. The Morgan fingerprint density at radius 2 is 1.00 bits per heavy atom. The number of esters is 2. The molecule has 16 heteroatoms. The van der Waals surface area contributed by atoms with Gasteiger partial charge >= 0.3 is 23.9 Å². The molecule has 7 aromatic rings. The molecular weight excluding hydrogens is 835 g/mol. The number of aryl methyl sites for hydroxylation is 2. The van der Waals surface area contributed by atoms with Crippen LogP contribution in [0.3, 0.4) is 0 Å². The molecule has 16 nitrogen and oxygen atoms in total. The van der Waals surface area contributed by atoms with Crippen molar-refractivity contribution in [2.24, 2.45) is 10.3 Å². The number of carbonyl (C=O) groups is 5. The van der Waals surface area contributed by atoms with Crippen molar-refractivity contribution in [3.8, 4) is 0 Å². The van der Waals surface area contributed by atoms with Crippen LogP contribution in [0.1, 0.15) is 78.7 Å². The van der Waals surface area contributed by atoms with Gasteiger partial charge in [-0.3, -0.25) is 24.5 Å². The molecule has 65 heavy (non-hydrogen) atoms. The fraction of sp³-hybridized carbons (Fsp3) is 0.245. The predicted octanol–water partition coefficient (Wildman–Crippen LogP) is 8.80. The number of oxime groups is 2. The molecule has 0 spiro atoms. The Morgan fingerprint density at radius 1 is 0.569 bits per heavy atom. The lowest BCUT2D eigenvalue weighted by molar-refractivity contribution is -0.384. The van der Waals surface area contributed by atoms with Crippen LogP contribution in [-0.2, 0) is 51.4 Å². The summed E-state index contributed by atoms with van der Waals surface area (Å²) in [7, 11) is 0. The number of nitro benzene ring substituents is 1. The van der Waals surface area contributed by atoms with Crippen molar-refractivity contribution >= 4 is 90.4 Å². The third kappa shape index (κ3) is 9.96. The first-order valence-corrected chi connectivity index (χ1v) is 20.7. The fourth-order valence-corrected chi connectivity index (χ4v) is 7.74. The van der Waals surface area contributed by atoms with Crippen molar-refractivity contribution in [3.05, 3.63) is 134 Å². The molecule has 0 unspecified atom stereocenters. The lowest BCUT2D eigenvalue weighted by Crippen LogP contribution is -2.15. The Hall–Kier alpha value is -8.01. The van der Waals surface area contributed by atoms with E-state index in [2.05, 4.69) is 10.3 Å². The van der Waals surface area contributed by atoms with E-state index < -0.39 is 28.8 Å². The molecule has 2 heterocycles. The normalized spacial score (nSPS) is 11.9. The SMILES string of the molecule is CC(=O)O/N=C(/C)c1ccc2c(c1)c1cc(C(=O)c3cc(C)ccc3C)ccc1n2CCOC(=O)CCC(=O)OCCn1c2ccc(/C(C)=N/OC(C)=O)cc2c2cc([N+](=O)[O-])ccc21. The minimum atomic E-state index is -0.602. The van der Waals surface area contributed by atoms with E-state index in [9.17, 15) is 34.1 Å². The number of rotatable bonds is 16. The van der Waals surface area contributed by atoms with Crippen LogP contribution in [0.5, 0.6) is 0 Å². The highest BCUT2D eigenvalue weighted by Gasteiger charge is 2.20. The van der Waals surface area contributed by atoms with Crippen molar-refractivity contribution in [1.82, 2.24) is 9.13 Å². The number of ketones is 1. The average Bonchev–Trinajstić information content (AvgIpc) is 3.77. The molecule has 2 aromatic heterocycles. The minimum Gasteiger partial charge on any atom is -0.464 e. The van der Waals surface area contributed by atoms with Crippen molar-refractivity contribution in [2.45, 2.75) is 67.5 Å². The quantitative estimate of drug-likeness (QED) is 0.0224. The monoisotopic (exact) mass is 879 g/mol. The highest BCUT2D eigenvalue weighted by Crippen LogP contribution is 2.34. The second kappa shape index (κ2) is 19.2. The van der Waals surface area contributed by atoms with Crippen LogP contribution in [0, 0.1) is 24.0 Å². The van der Waals surface area contributed by atoms with Crippen molar-refractivity contribution < 1.29 is 48.0 Å². The number of hydrogen-bond acceptors (Lipinski definition) is 13. The molecular formula is C49H45N5O11. The first-order valence-electron chi connectivity index (χ1n) is 20.7. The van der Waals surface area contributed by atoms with Gasteiger partial charge in [-0.25, -0.2) is 9.59 Å². The van der Waals surface area contributed by atoms with E-state index in [0.29, 0.717) is 50.0 Å². The van der Waals surface area contributed by atoms with Crippen molar-refractivity contribution in [1.29, 1.82) is 0 Å². The summed E-state index contributed by atoms with van der Waals surface area (Å²) in [5.41, 5.74) is 8.14. The summed E-state index contributed by atoms with van der Waals surface area (Å²) in [6.07, 6.45) is -0.428. The standard InChI is InChI=1S/C49H45N5O11/c1-28-7-8-29(2)38(23-28)49(59)36-11-15-45-41(26-36)39-24-34(30(3)50-64-32(5)55)9-13-43(39)52(45)19-21-62-47(57)17-18-48(58)63-22-20-53-44-14-10-35(31(4)51-65-33(6)56)25-40(44)42-27-37(54(60)61)12-16-46(42)53/h7-16,23-27H,17-22H2,1-6H3/b50-30-,51-31+. The summed E-state index contributed by atoms with van der Waals surface area (Å²) >= 11 is 0. The van der Waals surface area contributed by atoms with Gasteiger partial charge in [-0.1, -0.05) is 40.1 Å². The van der Waals surface area contributed by atoms with Crippen LogP contribution < -0.4 is 0 Å². The molecule has 0 saturated heterocycles. The Bertz CT molecular complexity index is 3160. The fourth-order valence-electron chi connectivity index (χ4n) is 7.74. The largest absolute Gasteiger partial charge is 0.464 e. The molecule has 0 aliphatic carbocycles. The Kier molecular flexibility index (Phi) is 13.3. The number of benzene rings is 5. The van der Waals surface area contributed by atoms with Gasteiger partial charge in [0.15, 0.2) is 5.78 Å². The molecule has 7 rings (SSSR count). The molecule has 0 atom stereocenters. The summed E-state index contributed by atoms with van der Waals surface area (Å²) in [5.74, 6) is -2.42. The summed E-state index contributed by atoms with van der Waals surface area (Å²) in [6, 6.07) is 26.8. The maximum Gasteiger partial charge on any atom is 0.331 e.